The maximum Gasteiger partial charge on any atom is 0.251 e. The van der Waals surface area contributed by atoms with Crippen molar-refractivity contribution >= 4 is 35.0 Å². The summed E-state index contributed by atoms with van der Waals surface area (Å²) in [4.78, 5) is 28.6. The molecule has 3 N–H and O–H groups in total. The van der Waals surface area contributed by atoms with Crippen molar-refractivity contribution in [1.29, 1.82) is 0 Å². The van der Waals surface area contributed by atoms with Crippen molar-refractivity contribution in [1.82, 2.24) is 20.9 Å². The number of hydrogen-bond acceptors (Lipinski definition) is 4. The van der Waals surface area contributed by atoms with E-state index in [0.29, 0.717) is 54.1 Å². The van der Waals surface area contributed by atoms with E-state index < -0.39 is 0 Å². The Kier molecular flexibility index (Phi) is 11.6. The summed E-state index contributed by atoms with van der Waals surface area (Å²) in [7, 11) is 0. The van der Waals surface area contributed by atoms with Crippen LogP contribution >= 0.6 is 23.2 Å². The topological polar surface area (TPSA) is 73.5 Å². The molecule has 1 saturated heterocycles. The maximum absolute atomic E-state index is 13.9. The fourth-order valence-electron chi connectivity index (χ4n) is 5.31. The first-order chi connectivity index (χ1) is 19.8. The van der Waals surface area contributed by atoms with Gasteiger partial charge in [-0.3, -0.25) is 9.59 Å². The summed E-state index contributed by atoms with van der Waals surface area (Å²) in [6.07, 6.45) is 2.21. The summed E-state index contributed by atoms with van der Waals surface area (Å²) in [5.74, 6) is 0.0220. The van der Waals surface area contributed by atoms with Gasteiger partial charge >= 0.3 is 0 Å². The molecule has 3 aromatic rings. The molecule has 8 heteroatoms. The van der Waals surface area contributed by atoms with Crippen molar-refractivity contribution < 1.29 is 9.59 Å². The second-order valence-electron chi connectivity index (χ2n) is 10.9. The number of nitrogens with one attached hydrogen (secondary N) is 3. The van der Waals surface area contributed by atoms with Crippen LogP contribution in [0.1, 0.15) is 60.5 Å². The van der Waals surface area contributed by atoms with E-state index in [9.17, 15) is 9.59 Å². The number of hydrogen-bond donors (Lipinski definition) is 3. The van der Waals surface area contributed by atoms with Crippen LogP contribution < -0.4 is 16.0 Å². The first-order valence-corrected chi connectivity index (χ1v) is 15.2. The van der Waals surface area contributed by atoms with Gasteiger partial charge in [-0.05, 0) is 55.1 Å². The van der Waals surface area contributed by atoms with Gasteiger partial charge in [0.1, 0.15) is 0 Å². The van der Waals surface area contributed by atoms with Crippen LogP contribution in [0.4, 0.5) is 0 Å². The van der Waals surface area contributed by atoms with E-state index in [1.807, 2.05) is 17.0 Å². The van der Waals surface area contributed by atoms with Crippen LogP contribution in [0.15, 0.2) is 78.9 Å². The van der Waals surface area contributed by atoms with E-state index in [-0.39, 0.29) is 29.8 Å². The first-order valence-electron chi connectivity index (χ1n) is 14.4. The predicted octanol–water partition coefficient (Wildman–Crippen LogP) is 5.89. The third kappa shape index (κ3) is 9.04. The van der Waals surface area contributed by atoms with Crippen molar-refractivity contribution in [3.05, 3.63) is 106 Å². The lowest BCUT2D eigenvalue weighted by Gasteiger charge is -2.29. The summed E-state index contributed by atoms with van der Waals surface area (Å²) in [5, 5.41) is 10.8. The standard InChI is InChI=1S/C33H40Cl2N4O2/c1-23(2)36-19-16-31-33(41)39(22-28(24-9-5-3-6-10-24)25-11-7-4-8-12-25)20-17-27(38-31)15-18-37-32(40)26-13-14-29(34)30(35)21-26/h3-14,21,23,27-28,31,36,38H,15-20,22H2,1-2H3,(H,37,40)/t27-,31+/m1/s1. The smallest absolute Gasteiger partial charge is 0.251 e. The van der Waals surface area contributed by atoms with Gasteiger partial charge in [0.15, 0.2) is 0 Å². The van der Waals surface area contributed by atoms with Crippen LogP contribution in [0.3, 0.4) is 0 Å². The molecule has 0 aliphatic carbocycles. The number of amides is 2. The van der Waals surface area contributed by atoms with Gasteiger partial charge in [-0.2, -0.15) is 0 Å². The fraction of sp³-hybridized carbons (Fsp3) is 0.394. The number of benzene rings is 3. The Balaban J connectivity index is 1.45. The van der Waals surface area contributed by atoms with Gasteiger partial charge in [-0.15, -0.1) is 0 Å². The molecule has 6 nitrogen and oxygen atoms in total. The Morgan fingerprint density at radius 3 is 2.20 bits per heavy atom. The molecule has 0 bridgehead atoms. The molecular formula is C33H40Cl2N4O2. The SMILES string of the molecule is CC(C)NCC[C@@H]1N[C@H](CCNC(=O)c2ccc(Cl)c(Cl)c2)CCN(CC(c2ccccc2)c2ccccc2)C1=O. The van der Waals surface area contributed by atoms with E-state index in [4.69, 9.17) is 23.2 Å². The molecule has 0 unspecified atom stereocenters. The lowest BCUT2D eigenvalue weighted by atomic mass is 9.90. The highest BCUT2D eigenvalue weighted by Crippen LogP contribution is 2.27. The Morgan fingerprint density at radius 2 is 1.59 bits per heavy atom. The maximum atomic E-state index is 13.9. The summed E-state index contributed by atoms with van der Waals surface area (Å²) in [6, 6.07) is 25.8. The fourth-order valence-corrected chi connectivity index (χ4v) is 5.61. The van der Waals surface area contributed by atoms with Crippen LogP contribution in [0.2, 0.25) is 10.0 Å². The number of halogens is 2. The van der Waals surface area contributed by atoms with Gasteiger partial charge in [-0.1, -0.05) is 97.7 Å². The lowest BCUT2D eigenvalue weighted by molar-refractivity contribution is -0.133. The normalized spacial score (nSPS) is 17.6. The highest BCUT2D eigenvalue weighted by Gasteiger charge is 2.32. The zero-order valence-corrected chi connectivity index (χ0v) is 25.3. The lowest BCUT2D eigenvalue weighted by Crippen LogP contribution is -2.48. The van der Waals surface area contributed by atoms with Crippen LogP contribution in [0.5, 0.6) is 0 Å². The molecule has 2 amide bonds. The van der Waals surface area contributed by atoms with Crippen LogP contribution in [-0.2, 0) is 4.79 Å². The summed E-state index contributed by atoms with van der Waals surface area (Å²) in [6.45, 7) is 6.72. The first kappa shape index (κ1) is 31.0. The van der Waals surface area contributed by atoms with Gasteiger partial charge in [0.25, 0.3) is 5.91 Å². The Hall–Kier alpha value is -2.90. The highest BCUT2D eigenvalue weighted by atomic mass is 35.5. The Labute approximate surface area is 253 Å². The number of carbonyl (C=O) groups excluding carboxylic acids is 2. The molecule has 1 aliphatic heterocycles. The van der Waals surface area contributed by atoms with Gasteiger partial charge in [-0.25, -0.2) is 0 Å². The van der Waals surface area contributed by atoms with Crippen molar-refractivity contribution in [2.75, 3.05) is 26.2 Å². The molecule has 3 aromatic carbocycles. The molecule has 1 fully saturated rings. The zero-order valence-electron chi connectivity index (χ0n) is 23.8. The van der Waals surface area contributed by atoms with Crippen LogP contribution in [0, 0.1) is 0 Å². The molecule has 0 saturated carbocycles. The Bertz CT molecular complexity index is 1230. The van der Waals surface area contributed by atoms with E-state index in [1.165, 1.54) is 11.1 Å². The van der Waals surface area contributed by atoms with Gasteiger partial charge in [0.2, 0.25) is 5.91 Å². The third-order valence-corrected chi connectivity index (χ3v) is 8.29. The third-order valence-electron chi connectivity index (χ3n) is 7.55. The highest BCUT2D eigenvalue weighted by molar-refractivity contribution is 6.42. The molecule has 0 aromatic heterocycles. The van der Waals surface area contributed by atoms with Crippen molar-refractivity contribution in [2.45, 2.75) is 57.2 Å². The summed E-state index contributed by atoms with van der Waals surface area (Å²) >= 11 is 12.1. The molecule has 0 radical (unpaired) electrons. The van der Waals surface area contributed by atoms with E-state index in [2.05, 4.69) is 78.3 Å². The molecule has 218 valence electrons. The molecule has 1 heterocycles. The monoisotopic (exact) mass is 594 g/mol. The van der Waals surface area contributed by atoms with Crippen molar-refractivity contribution in [3.63, 3.8) is 0 Å². The van der Waals surface area contributed by atoms with E-state index in [1.54, 1.807) is 18.2 Å². The number of nitrogens with zero attached hydrogens (tertiary/aromatic N) is 1. The second-order valence-corrected chi connectivity index (χ2v) is 11.7. The van der Waals surface area contributed by atoms with Crippen LogP contribution in [0.25, 0.3) is 0 Å². The van der Waals surface area contributed by atoms with Gasteiger partial charge in [0, 0.05) is 43.2 Å². The second kappa shape index (κ2) is 15.4. The minimum absolute atomic E-state index is 0.0813. The summed E-state index contributed by atoms with van der Waals surface area (Å²) < 4.78 is 0. The number of rotatable bonds is 12. The van der Waals surface area contributed by atoms with E-state index >= 15 is 0 Å². The number of carbonyl (C=O) groups is 2. The minimum atomic E-state index is -0.299. The molecule has 1 aliphatic rings. The molecule has 41 heavy (non-hydrogen) atoms. The minimum Gasteiger partial charge on any atom is -0.352 e. The zero-order chi connectivity index (χ0) is 29.2. The van der Waals surface area contributed by atoms with Crippen molar-refractivity contribution in [2.24, 2.45) is 0 Å². The predicted molar refractivity (Wildman–Crippen MR) is 168 cm³/mol. The average molecular weight is 596 g/mol. The molecule has 0 spiro atoms. The van der Waals surface area contributed by atoms with E-state index in [0.717, 1.165) is 13.0 Å². The van der Waals surface area contributed by atoms with Gasteiger partial charge < -0.3 is 20.9 Å². The Morgan fingerprint density at radius 1 is 0.927 bits per heavy atom. The van der Waals surface area contributed by atoms with Crippen LogP contribution in [-0.4, -0.2) is 61.0 Å². The average Bonchev–Trinajstić information content (AvgIpc) is 3.12. The quantitative estimate of drug-likeness (QED) is 0.244. The molecule has 4 rings (SSSR count). The van der Waals surface area contributed by atoms with Gasteiger partial charge in [0.05, 0.1) is 16.1 Å². The molecule has 2 atom stereocenters. The largest absolute Gasteiger partial charge is 0.352 e. The van der Waals surface area contributed by atoms with Crippen molar-refractivity contribution in [3.8, 4) is 0 Å². The summed E-state index contributed by atoms with van der Waals surface area (Å²) in [5.41, 5.74) is 2.87. The molecular weight excluding hydrogens is 555 g/mol.